The van der Waals surface area contributed by atoms with Gasteiger partial charge in [0.15, 0.2) is 0 Å². The lowest BCUT2D eigenvalue weighted by atomic mass is 9.83. The van der Waals surface area contributed by atoms with Gasteiger partial charge in [0, 0.05) is 25.7 Å². The van der Waals surface area contributed by atoms with Crippen LogP contribution < -0.4 is 5.32 Å². The van der Waals surface area contributed by atoms with Crippen LogP contribution in [0.1, 0.15) is 66.2 Å². The molecule has 1 aliphatic carbocycles. The van der Waals surface area contributed by atoms with Crippen molar-refractivity contribution in [1.82, 2.24) is 10.2 Å². The SMILES string of the molecule is C[C@@H]1CN(CC2(O)CCCCC2)CC[C@H]1NC(=O)OC(C)(C)C. The molecule has 1 amide bonds. The number of amides is 1. The molecule has 1 heterocycles. The van der Waals surface area contributed by atoms with Crippen LogP contribution in [0.4, 0.5) is 4.79 Å². The smallest absolute Gasteiger partial charge is 0.407 e. The summed E-state index contributed by atoms with van der Waals surface area (Å²) in [5.74, 6) is 0.364. The molecule has 0 unspecified atom stereocenters. The molecule has 0 aromatic carbocycles. The summed E-state index contributed by atoms with van der Waals surface area (Å²) in [4.78, 5) is 14.3. The lowest BCUT2D eigenvalue weighted by molar-refractivity contribution is -0.0367. The van der Waals surface area contributed by atoms with E-state index in [2.05, 4.69) is 17.1 Å². The molecule has 2 atom stereocenters. The van der Waals surface area contributed by atoms with Gasteiger partial charge in [-0.15, -0.1) is 0 Å². The average molecular weight is 326 g/mol. The monoisotopic (exact) mass is 326 g/mol. The highest BCUT2D eigenvalue weighted by Gasteiger charge is 2.35. The van der Waals surface area contributed by atoms with Gasteiger partial charge in [-0.3, -0.25) is 0 Å². The molecule has 23 heavy (non-hydrogen) atoms. The lowest BCUT2D eigenvalue weighted by Gasteiger charge is -2.42. The van der Waals surface area contributed by atoms with Gasteiger partial charge in [0.2, 0.25) is 0 Å². The molecule has 0 bridgehead atoms. The molecule has 5 heteroatoms. The normalized spacial score (nSPS) is 29.1. The minimum Gasteiger partial charge on any atom is -0.444 e. The van der Waals surface area contributed by atoms with E-state index in [-0.39, 0.29) is 12.1 Å². The van der Waals surface area contributed by atoms with Crippen LogP contribution >= 0.6 is 0 Å². The first-order valence-corrected chi connectivity index (χ1v) is 9.11. The van der Waals surface area contributed by atoms with Crippen LogP contribution in [0.5, 0.6) is 0 Å². The Bertz CT molecular complexity index is 400. The van der Waals surface area contributed by atoms with E-state index in [0.717, 1.165) is 51.7 Å². The van der Waals surface area contributed by atoms with E-state index in [1.165, 1.54) is 6.42 Å². The zero-order valence-corrected chi connectivity index (χ0v) is 15.2. The van der Waals surface area contributed by atoms with E-state index in [0.29, 0.717) is 5.92 Å². The Morgan fingerprint density at radius 2 is 1.96 bits per heavy atom. The van der Waals surface area contributed by atoms with E-state index in [1.54, 1.807) is 0 Å². The number of rotatable bonds is 3. The van der Waals surface area contributed by atoms with Crippen LogP contribution in [-0.2, 0) is 4.74 Å². The van der Waals surface area contributed by atoms with Crippen LogP contribution in [0.2, 0.25) is 0 Å². The van der Waals surface area contributed by atoms with Gasteiger partial charge in [0.25, 0.3) is 0 Å². The number of β-amino-alcohol motifs (C(OH)–C–C–N with tert-alkyl or cyclic N) is 1. The average Bonchev–Trinajstić information content (AvgIpc) is 2.40. The van der Waals surface area contributed by atoms with Crippen molar-refractivity contribution in [2.75, 3.05) is 19.6 Å². The Morgan fingerprint density at radius 3 is 2.52 bits per heavy atom. The van der Waals surface area contributed by atoms with Crippen molar-refractivity contribution in [2.24, 2.45) is 5.92 Å². The van der Waals surface area contributed by atoms with E-state index in [1.807, 2.05) is 20.8 Å². The molecule has 134 valence electrons. The molecule has 0 aromatic heterocycles. The number of hydrogen-bond donors (Lipinski definition) is 2. The summed E-state index contributed by atoms with van der Waals surface area (Å²) in [6.45, 7) is 10.4. The van der Waals surface area contributed by atoms with E-state index in [9.17, 15) is 9.90 Å². The highest BCUT2D eigenvalue weighted by atomic mass is 16.6. The third kappa shape index (κ3) is 5.96. The molecule has 2 aliphatic rings. The van der Waals surface area contributed by atoms with Gasteiger partial charge < -0.3 is 20.1 Å². The van der Waals surface area contributed by atoms with Gasteiger partial charge in [0.1, 0.15) is 5.60 Å². The molecule has 2 N–H and O–H groups in total. The lowest BCUT2D eigenvalue weighted by Crippen LogP contribution is -2.54. The Balaban J connectivity index is 1.79. The number of hydrogen-bond acceptors (Lipinski definition) is 4. The highest BCUT2D eigenvalue weighted by Crippen LogP contribution is 2.30. The highest BCUT2D eigenvalue weighted by molar-refractivity contribution is 5.68. The molecule has 0 spiro atoms. The number of alkyl carbamates (subject to hydrolysis) is 1. The maximum absolute atomic E-state index is 11.9. The molecule has 2 fully saturated rings. The van der Waals surface area contributed by atoms with Crippen LogP contribution in [-0.4, -0.2) is 53.0 Å². The Morgan fingerprint density at radius 1 is 1.30 bits per heavy atom. The third-order valence-corrected chi connectivity index (χ3v) is 4.99. The summed E-state index contributed by atoms with van der Waals surface area (Å²) in [5, 5.41) is 13.7. The topological polar surface area (TPSA) is 61.8 Å². The first kappa shape index (κ1) is 18.5. The quantitative estimate of drug-likeness (QED) is 0.837. The molecule has 1 saturated carbocycles. The maximum Gasteiger partial charge on any atom is 0.407 e. The van der Waals surface area contributed by atoms with Crippen molar-refractivity contribution in [3.8, 4) is 0 Å². The predicted octanol–water partition coefficient (Wildman–Crippen LogP) is 2.92. The maximum atomic E-state index is 11.9. The van der Waals surface area contributed by atoms with E-state index in [4.69, 9.17) is 4.74 Å². The first-order chi connectivity index (χ1) is 10.7. The second-order valence-electron chi connectivity index (χ2n) is 8.54. The van der Waals surface area contributed by atoms with Gasteiger partial charge in [0.05, 0.1) is 5.60 Å². The van der Waals surface area contributed by atoms with Crippen molar-refractivity contribution >= 4 is 6.09 Å². The fourth-order valence-corrected chi connectivity index (χ4v) is 3.83. The number of carbonyl (C=O) groups excluding carboxylic acids is 1. The number of nitrogens with one attached hydrogen (secondary N) is 1. The minimum absolute atomic E-state index is 0.155. The van der Waals surface area contributed by atoms with Gasteiger partial charge in [-0.05, 0) is 46.0 Å². The van der Waals surface area contributed by atoms with Gasteiger partial charge in [-0.1, -0.05) is 26.2 Å². The molecular weight excluding hydrogens is 292 g/mol. The molecule has 1 aliphatic heterocycles. The van der Waals surface area contributed by atoms with Crippen molar-refractivity contribution in [2.45, 2.75) is 83.5 Å². The fourth-order valence-electron chi connectivity index (χ4n) is 3.83. The van der Waals surface area contributed by atoms with Crippen LogP contribution in [0.3, 0.4) is 0 Å². The van der Waals surface area contributed by atoms with Crippen molar-refractivity contribution in [3.63, 3.8) is 0 Å². The Hall–Kier alpha value is -0.810. The van der Waals surface area contributed by atoms with Crippen molar-refractivity contribution in [3.05, 3.63) is 0 Å². The summed E-state index contributed by atoms with van der Waals surface area (Å²) in [6, 6.07) is 0.155. The molecule has 5 nitrogen and oxygen atoms in total. The first-order valence-electron chi connectivity index (χ1n) is 9.11. The third-order valence-electron chi connectivity index (χ3n) is 4.99. The Labute approximate surface area is 140 Å². The number of carbonyl (C=O) groups is 1. The van der Waals surface area contributed by atoms with Gasteiger partial charge >= 0.3 is 6.09 Å². The zero-order valence-electron chi connectivity index (χ0n) is 15.2. The standard InChI is InChI=1S/C18H34N2O3/c1-14-12-20(13-18(22)9-6-5-7-10-18)11-8-15(14)19-16(21)23-17(2,3)4/h14-15,22H,5-13H2,1-4H3,(H,19,21)/t14-,15-/m1/s1. The van der Waals surface area contributed by atoms with E-state index >= 15 is 0 Å². The van der Waals surface area contributed by atoms with Crippen LogP contribution in [0.15, 0.2) is 0 Å². The Kier molecular flexibility index (Phi) is 5.95. The van der Waals surface area contributed by atoms with Gasteiger partial charge in [-0.25, -0.2) is 4.79 Å². The largest absolute Gasteiger partial charge is 0.444 e. The summed E-state index contributed by atoms with van der Waals surface area (Å²) in [7, 11) is 0. The number of nitrogens with zero attached hydrogens (tertiary/aromatic N) is 1. The van der Waals surface area contributed by atoms with Crippen LogP contribution in [0, 0.1) is 5.92 Å². The van der Waals surface area contributed by atoms with Gasteiger partial charge in [-0.2, -0.15) is 0 Å². The second-order valence-corrected chi connectivity index (χ2v) is 8.54. The molecule has 0 radical (unpaired) electrons. The molecule has 1 saturated heterocycles. The van der Waals surface area contributed by atoms with Crippen molar-refractivity contribution < 1.29 is 14.6 Å². The molecule has 0 aromatic rings. The summed E-state index contributed by atoms with van der Waals surface area (Å²) in [5.41, 5.74) is -0.957. The predicted molar refractivity (Wildman–Crippen MR) is 91.4 cm³/mol. The number of ether oxygens (including phenoxy) is 1. The fraction of sp³-hybridized carbons (Fsp3) is 0.944. The second kappa shape index (κ2) is 7.39. The minimum atomic E-state index is -0.497. The number of likely N-dealkylation sites (tertiary alicyclic amines) is 1. The number of aliphatic hydroxyl groups is 1. The number of piperidine rings is 1. The molecule has 2 rings (SSSR count). The van der Waals surface area contributed by atoms with Crippen molar-refractivity contribution in [1.29, 1.82) is 0 Å². The summed E-state index contributed by atoms with van der Waals surface area (Å²) >= 11 is 0. The zero-order chi connectivity index (χ0) is 17.1. The summed E-state index contributed by atoms with van der Waals surface area (Å²) < 4.78 is 5.35. The molecular formula is C18H34N2O3. The van der Waals surface area contributed by atoms with Crippen LogP contribution in [0.25, 0.3) is 0 Å². The van der Waals surface area contributed by atoms with E-state index < -0.39 is 11.2 Å². The summed E-state index contributed by atoms with van der Waals surface area (Å²) in [6.07, 6.45) is 5.98.